The molecule has 0 N–H and O–H groups in total. The van der Waals surface area contributed by atoms with Crippen molar-refractivity contribution in [3.63, 3.8) is 0 Å². The molecular formula is C24H37NO3. The van der Waals surface area contributed by atoms with Crippen LogP contribution in [0.1, 0.15) is 84.5 Å². The molecule has 1 rings (SSSR count). The number of carbonyl (C=O) groups excluding carboxylic acids is 1. The molecule has 0 bridgehead atoms. The molecule has 0 aliphatic carbocycles. The van der Waals surface area contributed by atoms with Crippen LogP contribution in [0.15, 0.2) is 30.3 Å². The van der Waals surface area contributed by atoms with Crippen molar-refractivity contribution in [1.29, 1.82) is 5.26 Å². The standard InChI is InChI=1S/C24H37NO3/c1-24(2,18-14-9-7-5-3-4-6-8-10-15-19-25)23(26)28-21-20-27-22-16-12-11-13-17-22/h11-13,16-17H,3-10,14-15,18,20-21H2,1-2H3. The minimum Gasteiger partial charge on any atom is -0.490 e. The van der Waals surface area contributed by atoms with Gasteiger partial charge in [0.1, 0.15) is 19.0 Å². The SMILES string of the molecule is CC(C)(CCCCCCCCCCCC#N)C(=O)OCCOc1ccccc1. The van der Waals surface area contributed by atoms with Crippen LogP contribution in [-0.2, 0) is 9.53 Å². The summed E-state index contributed by atoms with van der Waals surface area (Å²) >= 11 is 0. The average molecular weight is 388 g/mol. The van der Waals surface area contributed by atoms with Gasteiger partial charge in [-0.2, -0.15) is 5.26 Å². The summed E-state index contributed by atoms with van der Waals surface area (Å²) in [4.78, 5) is 12.3. The van der Waals surface area contributed by atoms with Crippen molar-refractivity contribution >= 4 is 5.97 Å². The summed E-state index contributed by atoms with van der Waals surface area (Å²) in [6.07, 6.45) is 12.3. The van der Waals surface area contributed by atoms with Crippen molar-refractivity contribution in [2.75, 3.05) is 13.2 Å². The van der Waals surface area contributed by atoms with Crippen molar-refractivity contribution in [1.82, 2.24) is 0 Å². The van der Waals surface area contributed by atoms with E-state index in [0.717, 1.165) is 25.0 Å². The molecule has 1 aromatic rings. The van der Waals surface area contributed by atoms with Gasteiger partial charge >= 0.3 is 5.97 Å². The summed E-state index contributed by atoms with van der Waals surface area (Å²) in [6, 6.07) is 11.7. The number of ether oxygens (including phenoxy) is 2. The highest BCUT2D eigenvalue weighted by atomic mass is 16.6. The molecule has 0 saturated heterocycles. The zero-order valence-corrected chi connectivity index (χ0v) is 17.8. The van der Waals surface area contributed by atoms with Gasteiger partial charge in [-0.25, -0.2) is 0 Å². The van der Waals surface area contributed by atoms with Crippen LogP contribution in [0.3, 0.4) is 0 Å². The predicted molar refractivity (Wildman–Crippen MR) is 113 cm³/mol. The lowest BCUT2D eigenvalue weighted by atomic mass is 9.87. The Bertz CT molecular complexity index is 563. The van der Waals surface area contributed by atoms with Gasteiger partial charge in [0.2, 0.25) is 0 Å². The number of nitrogens with zero attached hydrogens (tertiary/aromatic N) is 1. The minimum atomic E-state index is -0.437. The van der Waals surface area contributed by atoms with Crippen LogP contribution in [0.5, 0.6) is 5.75 Å². The molecule has 0 aliphatic rings. The van der Waals surface area contributed by atoms with Crippen LogP contribution in [0.2, 0.25) is 0 Å². The van der Waals surface area contributed by atoms with Crippen molar-refractivity contribution < 1.29 is 14.3 Å². The number of hydrogen-bond acceptors (Lipinski definition) is 4. The van der Waals surface area contributed by atoms with Gasteiger partial charge in [0, 0.05) is 6.42 Å². The van der Waals surface area contributed by atoms with Gasteiger partial charge < -0.3 is 9.47 Å². The molecule has 28 heavy (non-hydrogen) atoms. The molecule has 0 spiro atoms. The molecule has 156 valence electrons. The van der Waals surface area contributed by atoms with E-state index in [4.69, 9.17) is 14.7 Å². The third-order valence-electron chi connectivity index (χ3n) is 4.97. The van der Waals surface area contributed by atoms with E-state index in [1.807, 2.05) is 44.2 Å². The number of hydrogen-bond donors (Lipinski definition) is 0. The molecule has 0 radical (unpaired) electrons. The number of carbonyl (C=O) groups is 1. The van der Waals surface area contributed by atoms with Gasteiger partial charge in [0.15, 0.2) is 0 Å². The van der Waals surface area contributed by atoms with E-state index in [9.17, 15) is 4.79 Å². The number of benzene rings is 1. The summed E-state index contributed by atoms with van der Waals surface area (Å²) in [5.41, 5.74) is -0.437. The molecule has 4 heteroatoms. The van der Waals surface area contributed by atoms with Crippen LogP contribution in [0.4, 0.5) is 0 Å². The number of unbranched alkanes of at least 4 members (excludes halogenated alkanes) is 9. The maximum absolute atomic E-state index is 12.3. The molecular weight excluding hydrogens is 350 g/mol. The van der Waals surface area contributed by atoms with Crippen LogP contribution in [-0.4, -0.2) is 19.2 Å². The fourth-order valence-corrected chi connectivity index (χ4v) is 3.12. The number of esters is 1. The largest absolute Gasteiger partial charge is 0.490 e. The van der Waals surface area contributed by atoms with E-state index >= 15 is 0 Å². The normalized spacial score (nSPS) is 11.0. The highest BCUT2D eigenvalue weighted by molar-refractivity contribution is 5.75. The maximum Gasteiger partial charge on any atom is 0.311 e. The molecule has 0 unspecified atom stereocenters. The second kappa shape index (κ2) is 15.0. The highest BCUT2D eigenvalue weighted by Crippen LogP contribution is 2.26. The van der Waals surface area contributed by atoms with Gasteiger partial charge in [-0.05, 0) is 38.8 Å². The Hall–Kier alpha value is -2.02. The average Bonchev–Trinajstić information content (AvgIpc) is 2.70. The number of nitriles is 1. The molecule has 0 amide bonds. The highest BCUT2D eigenvalue weighted by Gasteiger charge is 2.28. The Morgan fingerprint density at radius 1 is 0.893 bits per heavy atom. The molecule has 0 fully saturated rings. The molecule has 0 atom stereocenters. The van der Waals surface area contributed by atoms with E-state index in [1.165, 1.54) is 44.9 Å². The third kappa shape index (κ3) is 11.6. The number of rotatable bonds is 16. The lowest BCUT2D eigenvalue weighted by Gasteiger charge is -2.22. The minimum absolute atomic E-state index is 0.137. The summed E-state index contributed by atoms with van der Waals surface area (Å²) in [5, 5.41) is 8.49. The lowest BCUT2D eigenvalue weighted by Crippen LogP contribution is -2.28. The van der Waals surface area contributed by atoms with Crippen LogP contribution >= 0.6 is 0 Å². The van der Waals surface area contributed by atoms with Gasteiger partial charge in [-0.3, -0.25) is 4.79 Å². The summed E-state index contributed by atoms with van der Waals surface area (Å²) in [7, 11) is 0. The molecule has 0 aromatic heterocycles. The number of para-hydroxylation sites is 1. The van der Waals surface area contributed by atoms with E-state index in [1.54, 1.807) is 0 Å². The topological polar surface area (TPSA) is 59.3 Å². The fraction of sp³-hybridized carbons (Fsp3) is 0.667. The summed E-state index contributed by atoms with van der Waals surface area (Å²) < 4.78 is 10.9. The first kappa shape index (κ1) is 24.0. The van der Waals surface area contributed by atoms with Crippen molar-refractivity contribution in [3.8, 4) is 11.8 Å². The van der Waals surface area contributed by atoms with Crippen LogP contribution in [0, 0.1) is 16.7 Å². The van der Waals surface area contributed by atoms with Crippen molar-refractivity contribution in [2.45, 2.75) is 84.5 Å². The van der Waals surface area contributed by atoms with Gasteiger partial charge in [0.25, 0.3) is 0 Å². The lowest BCUT2D eigenvalue weighted by molar-refractivity contribution is -0.155. The Labute approximate surface area is 171 Å². The second-order valence-electron chi connectivity index (χ2n) is 8.02. The Kier molecular flexibility index (Phi) is 12.8. The Balaban J connectivity index is 2.00. The third-order valence-corrected chi connectivity index (χ3v) is 4.97. The van der Waals surface area contributed by atoms with Crippen molar-refractivity contribution in [3.05, 3.63) is 30.3 Å². The summed E-state index contributed by atoms with van der Waals surface area (Å²) in [6.45, 7) is 4.59. The van der Waals surface area contributed by atoms with E-state index in [-0.39, 0.29) is 12.6 Å². The molecule has 0 aliphatic heterocycles. The summed E-state index contributed by atoms with van der Waals surface area (Å²) in [5.74, 6) is 0.654. The predicted octanol–water partition coefficient (Wildman–Crippen LogP) is 6.45. The zero-order valence-electron chi connectivity index (χ0n) is 17.8. The molecule has 4 nitrogen and oxygen atoms in total. The quantitative estimate of drug-likeness (QED) is 0.241. The van der Waals surface area contributed by atoms with Crippen molar-refractivity contribution in [2.24, 2.45) is 5.41 Å². The first-order valence-corrected chi connectivity index (χ1v) is 10.8. The first-order valence-electron chi connectivity index (χ1n) is 10.8. The van der Waals surface area contributed by atoms with E-state index in [2.05, 4.69) is 6.07 Å². The smallest absolute Gasteiger partial charge is 0.311 e. The first-order chi connectivity index (χ1) is 13.6. The van der Waals surface area contributed by atoms with Gasteiger partial charge in [0.05, 0.1) is 11.5 Å². The maximum atomic E-state index is 12.3. The van der Waals surface area contributed by atoms with Crippen LogP contribution in [0.25, 0.3) is 0 Å². The van der Waals surface area contributed by atoms with E-state index < -0.39 is 5.41 Å². The molecule has 0 heterocycles. The zero-order chi connectivity index (χ0) is 20.5. The van der Waals surface area contributed by atoms with E-state index in [0.29, 0.717) is 13.0 Å². The monoisotopic (exact) mass is 387 g/mol. The van der Waals surface area contributed by atoms with Crippen LogP contribution < -0.4 is 4.74 Å². The van der Waals surface area contributed by atoms with Gasteiger partial charge in [-0.15, -0.1) is 0 Å². The second-order valence-corrected chi connectivity index (χ2v) is 8.02. The Morgan fingerprint density at radius 3 is 2.07 bits per heavy atom. The van der Waals surface area contributed by atoms with Gasteiger partial charge in [-0.1, -0.05) is 69.6 Å². The molecule has 1 aromatic carbocycles. The fourth-order valence-electron chi connectivity index (χ4n) is 3.12. The Morgan fingerprint density at radius 2 is 1.46 bits per heavy atom. The molecule has 0 saturated carbocycles.